The van der Waals surface area contributed by atoms with Crippen LogP contribution >= 0.6 is 11.3 Å². The summed E-state index contributed by atoms with van der Waals surface area (Å²) in [6.07, 6.45) is 4.41. The van der Waals surface area contributed by atoms with E-state index in [9.17, 15) is 4.79 Å². The Morgan fingerprint density at radius 1 is 1.33 bits per heavy atom. The third kappa shape index (κ3) is 5.19. The van der Waals surface area contributed by atoms with Gasteiger partial charge in [-0.15, -0.1) is 11.3 Å². The van der Waals surface area contributed by atoms with Crippen molar-refractivity contribution in [1.29, 1.82) is 0 Å². The molecule has 21 heavy (non-hydrogen) atoms. The van der Waals surface area contributed by atoms with Gasteiger partial charge in [0.05, 0.1) is 6.04 Å². The molecule has 4 nitrogen and oxygen atoms in total. The van der Waals surface area contributed by atoms with Gasteiger partial charge in [0, 0.05) is 23.8 Å². The number of aromatic nitrogens is 1. The van der Waals surface area contributed by atoms with Crippen LogP contribution in [0, 0.1) is 5.92 Å². The minimum Gasteiger partial charge on any atom is -0.334 e. The Morgan fingerprint density at radius 2 is 2.19 bits per heavy atom. The number of hydrogen-bond acceptors (Lipinski definition) is 3. The molecule has 2 rings (SSSR count). The van der Waals surface area contributed by atoms with Crippen LogP contribution in [0.5, 0.6) is 0 Å². The van der Waals surface area contributed by atoms with Crippen molar-refractivity contribution in [1.82, 2.24) is 15.6 Å². The van der Waals surface area contributed by atoms with E-state index in [0.717, 1.165) is 12.0 Å². The lowest BCUT2D eigenvalue weighted by atomic mass is 10.0. The van der Waals surface area contributed by atoms with E-state index < -0.39 is 0 Å². The molecule has 0 aromatic carbocycles. The van der Waals surface area contributed by atoms with Crippen LogP contribution < -0.4 is 10.6 Å². The first-order valence-electron chi connectivity index (χ1n) is 7.12. The first kappa shape index (κ1) is 15.5. The molecule has 0 spiro atoms. The minimum atomic E-state index is -0.141. The lowest BCUT2D eigenvalue weighted by molar-refractivity contribution is 0.235. The first-order valence-corrected chi connectivity index (χ1v) is 8.00. The van der Waals surface area contributed by atoms with Crippen molar-refractivity contribution in [3.8, 4) is 0 Å². The van der Waals surface area contributed by atoms with Crippen molar-refractivity contribution < 1.29 is 4.79 Å². The molecule has 2 aromatic rings. The maximum absolute atomic E-state index is 12.1. The number of urea groups is 1. The first-order chi connectivity index (χ1) is 10.1. The summed E-state index contributed by atoms with van der Waals surface area (Å²) in [7, 11) is 0. The zero-order chi connectivity index (χ0) is 15.1. The number of carbonyl (C=O) groups is 1. The van der Waals surface area contributed by atoms with E-state index in [2.05, 4.69) is 35.5 Å². The van der Waals surface area contributed by atoms with Crippen LogP contribution in [0.4, 0.5) is 4.79 Å². The highest BCUT2D eigenvalue weighted by Gasteiger charge is 2.16. The predicted molar refractivity (Wildman–Crippen MR) is 86.1 cm³/mol. The Kier molecular flexibility index (Phi) is 5.75. The molecule has 1 unspecified atom stereocenters. The van der Waals surface area contributed by atoms with Gasteiger partial charge in [-0.2, -0.15) is 0 Å². The van der Waals surface area contributed by atoms with Gasteiger partial charge in [-0.25, -0.2) is 4.79 Å². The topological polar surface area (TPSA) is 54.0 Å². The second-order valence-corrected chi connectivity index (χ2v) is 6.37. The van der Waals surface area contributed by atoms with Gasteiger partial charge >= 0.3 is 6.03 Å². The van der Waals surface area contributed by atoms with Gasteiger partial charge in [-0.1, -0.05) is 26.0 Å². The van der Waals surface area contributed by atoms with E-state index in [1.165, 1.54) is 4.88 Å². The molecule has 2 N–H and O–H groups in total. The van der Waals surface area contributed by atoms with E-state index in [1.807, 2.05) is 23.6 Å². The number of pyridine rings is 1. The van der Waals surface area contributed by atoms with Crippen molar-refractivity contribution in [3.63, 3.8) is 0 Å². The smallest absolute Gasteiger partial charge is 0.315 e. The highest BCUT2D eigenvalue weighted by molar-refractivity contribution is 7.10. The lowest BCUT2D eigenvalue weighted by Gasteiger charge is -2.19. The molecular weight excluding hydrogens is 282 g/mol. The molecule has 112 valence electrons. The quantitative estimate of drug-likeness (QED) is 0.854. The molecular formula is C16H21N3OS. The predicted octanol–water partition coefficient (Wildman–Crippen LogP) is 3.73. The number of thiophene rings is 1. The van der Waals surface area contributed by atoms with Crippen LogP contribution in [-0.2, 0) is 6.54 Å². The second-order valence-electron chi connectivity index (χ2n) is 5.39. The van der Waals surface area contributed by atoms with Crippen LogP contribution in [0.25, 0.3) is 0 Å². The number of carbonyl (C=O) groups excluding carboxylic acids is 1. The Labute approximate surface area is 129 Å². The summed E-state index contributed by atoms with van der Waals surface area (Å²) in [5.41, 5.74) is 0.990. The largest absolute Gasteiger partial charge is 0.334 e. The maximum atomic E-state index is 12.1. The molecule has 2 heterocycles. The molecule has 2 amide bonds. The van der Waals surface area contributed by atoms with Gasteiger partial charge in [-0.05, 0) is 35.4 Å². The van der Waals surface area contributed by atoms with Crippen LogP contribution in [0.15, 0.2) is 42.0 Å². The lowest BCUT2D eigenvalue weighted by Crippen LogP contribution is -2.37. The van der Waals surface area contributed by atoms with Gasteiger partial charge in [0.25, 0.3) is 0 Å². The molecule has 0 saturated carbocycles. The Balaban J connectivity index is 1.89. The normalized spacial score (nSPS) is 12.1. The fourth-order valence-corrected chi connectivity index (χ4v) is 2.89. The molecule has 0 fully saturated rings. The van der Waals surface area contributed by atoms with Crippen molar-refractivity contribution >= 4 is 17.4 Å². The van der Waals surface area contributed by atoms with Crippen molar-refractivity contribution in [2.24, 2.45) is 5.92 Å². The molecule has 0 aliphatic heterocycles. The van der Waals surface area contributed by atoms with Crippen molar-refractivity contribution in [3.05, 3.63) is 52.5 Å². The van der Waals surface area contributed by atoms with Crippen LogP contribution in [0.1, 0.15) is 36.8 Å². The van der Waals surface area contributed by atoms with Gasteiger partial charge in [0.15, 0.2) is 0 Å². The van der Waals surface area contributed by atoms with Crippen LogP contribution in [0.2, 0.25) is 0 Å². The highest BCUT2D eigenvalue weighted by atomic mass is 32.1. The Bertz CT molecular complexity index is 540. The zero-order valence-corrected chi connectivity index (χ0v) is 13.2. The molecule has 5 heteroatoms. The fourth-order valence-electron chi connectivity index (χ4n) is 2.10. The van der Waals surface area contributed by atoms with Gasteiger partial charge < -0.3 is 10.6 Å². The fraction of sp³-hybridized carbons (Fsp3) is 0.375. The van der Waals surface area contributed by atoms with Crippen LogP contribution in [0.3, 0.4) is 0 Å². The Morgan fingerprint density at radius 3 is 2.81 bits per heavy atom. The molecule has 2 aromatic heterocycles. The van der Waals surface area contributed by atoms with E-state index in [-0.39, 0.29) is 12.1 Å². The number of nitrogens with one attached hydrogen (secondary N) is 2. The molecule has 0 saturated heterocycles. The minimum absolute atomic E-state index is 0.0684. The van der Waals surface area contributed by atoms with E-state index >= 15 is 0 Å². The summed E-state index contributed by atoms with van der Waals surface area (Å²) in [4.78, 5) is 17.3. The summed E-state index contributed by atoms with van der Waals surface area (Å²) in [6, 6.07) is 7.82. The number of amides is 2. The summed E-state index contributed by atoms with van der Waals surface area (Å²) in [6.45, 7) is 4.81. The summed E-state index contributed by atoms with van der Waals surface area (Å²) in [5.74, 6) is 0.524. The standard InChI is InChI=1S/C16H21N3OS/c1-12(2)9-14(15-6-4-8-21-15)19-16(20)18-11-13-5-3-7-17-10-13/h3-8,10,12,14H,9,11H2,1-2H3,(H2,18,19,20). The van der Waals surface area contributed by atoms with Crippen molar-refractivity contribution in [2.45, 2.75) is 32.9 Å². The number of nitrogens with zero attached hydrogens (tertiary/aromatic N) is 1. The van der Waals surface area contributed by atoms with E-state index in [4.69, 9.17) is 0 Å². The second kappa shape index (κ2) is 7.78. The van der Waals surface area contributed by atoms with Gasteiger partial charge in [0.2, 0.25) is 0 Å². The molecule has 0 bridgehead atoms. The summed E-state index contributed by atoms with van der Waals surface area (Å²) < 4.78 is 0. The molecule has 0 radical (unpaired) electrons. The van der Waals surface area contributed by atoms with Crippen LogP contribution in [-0.4, -0.2) is 11.0 Å². The van der Waals surface area contributed by atoms with Gasteiger partial charge in [-0.3, -0.25) is 4.98 Å². The SMILES string of the molecule is CC(C)CC(NC(=O)NCc1cccnc1)c1cccs1. The number of rotatable bonds is 6. The van der Waals surface area contributed by atoms with Crippen molar-refractivity contribution in [2.75, 3.05) is 0 Å². The molecule has 0 aliphatic carbocycles. The summed E-state index contributed by atoms with van der Waals surface area (Å²) in [5, 5.41) is 7.98. The average molecular weight is 303 g/mol. The average Bonchev–Trinajstić information content (AvgIpc) is 2.99. The molecule has 0 aliphatic rings. The summed E-state index contributed by atoms with van der Waals surface area (Å²) >= 11 is 1.68. The maximum Gasteiger partial charge on any atom is 0.315 e. The molecule has 1 atom stereocenters. The Hall–Kier alpha value is -1.88. The highest BCUT2D eigenvalue weighted by Crippen LogP contribution is 2.25. The number of hydrogen-bond donors (Lipinski definition) is 2. The van der Waals surface area contributed by atoms with Gasteiger partial charge in [0.1, 0.15) is 0 Å². The monoisotopic (exact) mass is 303 g/mol. The zero-order valence-electron chi connectivity index (χ0n) is 12.4. The van der Waals surface area contributed by atoms with E-state index in [1.54, 1.807) is 23.7 Å². The third-order valence-electron chi connectivity index (χ3n) is 3.07. The van der Waals surface area contributed by atoms with E-state index in [0.29, 0.717) is 12.5 Å². The third-order valence-corrected chi connectivity index (χ3v) is 4.06.